The molecule has 0 bridgehead atoms. The molecule has 0 radical (unpaired) electrons. The molecular formula is C31H37BN6. The van der Waals surface area contributed by atoms with Gasteiger partial charge in [0.05, 0.1) is 17.3 Å². The molecule has 38 heavy (non-hydrogen) atoms. The van der Waals surface area contributed by atoms with Gasteiger partial charge in [0, 0.05) is 47.9 Å². The van der Waals surface area contributed by atoms with E-state index in [1.807, 2.05) is 10.7 Å². The van der Waals surface area contributed by atoms with Gasteiger partial charge in [-0.15, -0.1) is 0 Å². The lowest BCUT2D eigenvalue weighted by Crippen LogP contribution is -2.34. The summed E-state index contributed by atoms with van der Waals surface area (Å²) < 4.78 is 1.94. The molecule has 7 heteroatoms. The molecule has 1 fully saturated rings. The first-order valence-electron chi connectivity index (χ1n) is 14.0. The third-order valence-corrected chi connectivity index (χ3v) is 8.01. The minimum atomic E-state index is 0.601. The SMILES string of the molecule is Bc1c(CCC(C)C)cc(-c2ccc(N3CCC(Cc4ccc(CC)nc4)CC3)nc2)c2c(C#N)cnn12. The largest absolute Gasteiger partial charge is 0.357 e. The Bertz CT molecular complexity index is 1420. The molecule has 1 saturated heterocycles. The summed E-state index contributed by atoms with van der Waals surface area (Å²) >= 11 is 0. The third-order valence-electron chi connectivity index (χ3n) is 8.01. The van der Waals surface area contributed by atoms with Gasteiger partial charge < -0.3 is 4.90 Å². The van der Waals surface area contributed by atoms with Crippen LogP contribution in [-0.4, -0.2) is 40.5 Å². The van der Waals surface area contributed by atoms with Crippen LogP contribution in [0.25, 0.3) is 16.6 Å². The van der Waals surface area contributed by atoms with E-state index in [-0.39, 0.29) is 0 Å². The molecule has 0 unspecified atom stereocenters. The molecule has 0 amide bonds. The monoisotopic (exact) mass is 504 g/mol. The predicted octanol–water partition coefficient (Wildman–Crippen LogP) is 4.53. The van der Waals surface area contributed by atoms with Crippen molar-refractivity contribution in [2.75, 3.05) is 18.0 Å². The Kier molecular flexibility index (Phi) is 7.78. The third kappa shape index (κ3) is 5.45. The molecule has 6 nitrogen and oxygen atoms in total. The normalized spacial score (nSPS) is 14.3. The zero-order chi connectivity index (χ0) is 26.6. The van der Waals surface area contributed by atoms with Gasteiger partial charge in [0.25, 0.3) is 0 Å². The van der Waals surface area contributed by atoms with Crippen LogP contribution in [0.5, 0.6) is 0 Å². The zero-order valence-electron chi connectivity index (χ0n) is 23.1. The highest BCUT2D eigenvalue weighted by Gasteiger charge is 2.21. The lowest BCUT2D eigenvalue weighted by Gasteiger charge is -2.33. The number of rotatable bonds is 8. The van der Waals surface area contributed by atoms with E-state index in [0.717, 1.165) is 85.4 Å². The van der Waals surface area contributed by atoms with Crippen molar-refractivity contribution in [2.45, 2.75) is 59.3 Å². The van der Waals surface area contributed by atoms with Crippen molar-refractivity contribution in [3.8, 4) is 17.2 Å². The van der Waals surface area contributed by atoms with Crippen molar-refractivity contribution in [2.24, 2.45) is 11.8 Å². The van der Waals surface area contributed by atoms with E-state index in [2.05, 4.69) is 86.2 Å². The van der Waals surface area contributed by atoms with Crippen LogP contribution >= 0.6 is 0 Å². The molecule has 1 aliphatic rings. The van der Waals surface area contributed by atoms with Gasteiger partial charge in [0.2, 0.25) is 0 Å². The number of pyridine rings is 3. The first-order valence-corrected chi connectivity index (χ1v) is 14.0. The van der Waals surface area contributed by atoms with Gasteiger partial charge in [-0.3, -0.25) is 4.98 Å². The Morgan fingerprint density at radius 2 is 1.89 bits per heavy atom. The zero-order valence-corrected chi connectivity index (χ0v) is 23.1. The molecule has 0 spiro atoms. The predicted molar refractivity (Wildman–Crippen MR) is 157 cm³/mol. The molecule has 5 heterocycles. The van der Waals surface area contributed by atoms with Crippen LogP contribution in [0.2, 0.25) is 0 Å². The molecule has 0 N–H and O–H groups in total. The highest BCUT2D eigenvalue weighted by Crippen LogP contribution is 2.30. The highest BCUT2D eigenvalue weighted by molar-refractivity contribution is 6.32. The Labute approximate surface area is 227 Å². The van der Waals surface area contributed by atoms with Gasteiger partial charge in [-0.05, 0) is 85.8 Å². The number of anilines is 1. The van der Waals surface area contributed by atoms with Crippen molar-refractivity contribution < 1.29 is 0 Å². The Balaban J connectivity index is 1.32. The maximum absolute atomic E-state index is 9.76. The van der Waals surface area contributed by atoms with E-state index >= 15 is 0 Å². The van der Waals surface area contributed by atoms with Crippen LogP contribution in [0.1, 0.15) is 62.4 Å². The second kappa shape index (κ2) is 11.4. The van der Waals surface area contributed by atoms with Crippen molar-refractivity contribution in [3.05, 3.63) is 71.3 Å². The van der Waals surface area contributed by atoms with Crippen LogP contribution < -0.4 is 10.5 Å². The second-order valence-corrected chi connectivity index (χ2v) is 11.1. The first-order chi connectivity index (χ1) is 18.5. The van der Waals surface area contributed by atoms with Crippen molar-refractivity contribution in [1.29, 1.82) is 5.26 Å². The summed E-state index contributed by atoms with van der Waals surface area (Å²) in [5.74, 6) is 2.35. The summed E-state index contributed by atoms with van der Waals surface area (Å²) in [6.07, 6.45) is 12.2. The molecule has 1 aliphatic heterocycles. The number of aromatic nitrogens is 4. The molecule has 194 valence electrons. The van der Waals surface area contributed by atoms with E-state index in [1.165, 1.54) is 11.1 Å². The van der Waals surface area contributed by atoms with E-state index in [4.69, 9.17) is 4.98 Å². The topological polar surface area (TPSA) is 70.1 Å². The Morgan fingerprint density at radius 1 is 1.08 bits per heavy atom. The van der Waals surface area contributed by atoms with Gasteiger partial charge in [0.15, 0.2) is 7.85 Å². The Hall–Kier alpha value is -3.66. The molecule has 4 aromatic rings. The van der Waals surface area contributed by atoms with E-state index in [0.29, 0.717) is 17.4 Å². The van der Waals surface area contributed by atoms with E-state index < -0.39 is 0 Å². The van der Waals surface area contributed by atoms with Crippen LogP contribution in [0, 0.1) is 23.2 Å². The number of piperidine rings is 1. The summed E-state index contributed by atoms with van der Waals surface area (Å²) in [6, 6.07) is 13.3. The van der Waals surface area contributed by atoms with Crippen LogP contribution in [-0.2, 0) is 19.3 Å². The lowest BCUT2D eigenvalue weighted by atomic mass is 9.89. The second-order valence-electron chi connectivity index (χ2n) is 11.1. The quantitative estimate of drug-likeness (QED) is 0.330. The molecule has 0 aromatic carbocycles. The van der Waals surface area contributed by atoms with Crippen LogP contribution in [0.4, 0.5) is 5.82 Å². The van der Waals surface area contributed by atoms with Crippen molar-refractivity contribution >= 4 is 24.8 Å². The maximum Gasteiger partial charge on any atom is 0.164 e. The number of nitrogens with zero attached hydrogens (tertiary/aromatic N) is 6. The summed E-state index contributed by atoms with van der Waals surface area (Å²) in [6.45, 7) is 8.69. The summed E-state index contributed by atoms with van der Waals surface area (Å²) in [7, 11) is 2.10. The van der Waals surface area contributed by atoms with Crippen LogP contribution in [0.3, 0.4) is 0 Å². The molecule has 0 saturated carbocycles. The Morgan fingerprint density at radius 3 is 2.53 bits per heavy atom. The van der Waals surface area contributed by atoms with Gasteiger partial charge >= 0.3 is 0 Å². The number of hydrogen-bond acceptors (Lipinski definition) is 5. The molecule has 4 aromatic heterocycles. The van der Waals surface area contributed by atoms with Crippen molar-refractivity contribution in [3.63, 3.8) is 0 Å². The van der Waals surface area contributed by atoms with Gasteiger partial charge in [-0.25, -0.2) is 9.50 Å². The van der Waals surface area contributed by atoms with Crippen molar-refractivity contribution in [1.82, 2.24) is 19.6 Å². The standard InChI is InChI=1S/C31H37BN6/c1-4-27-9-6-23(18-34-27)15-22-11-13-37(14-12-22)29-10-8-25(19-35-29)28-16-24(7-5-21(2)3)31(32)38-30(28)26(17-33)20-36-38/h6,8-10,16,18-22H,4-5,7,11-15,32H2,1-3H3. The van der Waals surface area contributed by atoms with Gasteiger partial charge in [-0.2, -0.15) is 10.4 Å². The lowest BCUT2D eigenvalue weighted by molar-refractivity contribution is 0.402. The highest BCUT2D eigenvalue weighted by atomic mass is 15.2. The number of aryl methyl sites for hydroxylation is 2. The average molecular weight is 504 g/mol. The summed E-state index contributed by atoms with van der Waals surface area (Å²) in [5.41, 5.74) is 8.42. The minimum absolute atomic E-state index is 0.601. The van der Waals surface area contributed by atoms with Crippen LogP contribution in [0.15, 0.2) is 48.9 Å². The number of nitriles is 1. The number of fused-ring (bicyclic) bond motifs is 1. The maximum atomic E-state index is 9.76. The summed E-state index contributed by atoms with van der Waals surface area (Å²) in [5, 5.41) is 14.3. The van der Waals surface area contributed by atoms with Gasteiger partial charge in [0.1, 0.15) is 11.9 Å². The molecule has 5 rings (SSSR count). The first kappa shape index (κ1) is 26.0. The fourth-order valence-corrected chi connectivity index (χ4v) is 5.56. The molecule has 0 aliphatic carbocycles. The summed E-state index contributed by atoms with van der Waals surface area (Å²) in [4.78, 5) is 11.9. The molecule has 0 atom stereocenters. The minimum Gasteiger partial charge on any atom is -0.357 e. The fourth-order valence-electron chi connectivity index (χ4n) is 5.56. The number of hydrogen-bond donors (Lipinski definition) is 0. The smallest absolute Gasteiger partial charge is 0.164 e. The average Bonchev–Trinajstić information content (AvgIpc) is 3.38. The molecular weight excluding hydrogens is 467 g/mol. The fraction of sp³-hybridized carbons (Fsp3) is 0.419. The van der Waals surface area contributed by atoms with E-state index in [9.17, 15) is 5.26 Å². The van der Waals surface area contributed by atoms with Gasteiger partial charge in [-0.1, -0.05) is 26.8 Å². The van der Waals surface area contributed by atoms with E-state index in [1.54, 1.807) is 6.20 Å².